The topological polar surface area (TPSA) is 69.2 Å². The van der Waals surface area contributed by atoms with Crippen molar-refractivity contribution < 1.29 is 9.53 Å². The van der Waals surface area contributed by atoms with Gasteiger partial charge in [-0.15, -0.1) is 0 Å². The molecule has 0 saturated carbocycles. The van der Waals surface area contributed by atoms with Gasteiger partial charge < -0.3 is 25.2 Å². The molecule has 1 amide bonds. The lowest BCUT2D eigenvalue weighted by Crippen LogP contribution is -2.52. The summed E-state index contributed by atoms with van der Waals surface area (Å²) in [6, 6.07) is 8.41. The second-order valence-electron chi connectivity index (χ2n) is 6.34. The zero-order valence-electron chi connectivity index (χ0n) is 15.6. The molecule has 0 spiro atoms. The molecule has 0 aliphatic carbocycles. The quantitative estimate of drug-likeness (QED) is 0.612. The minimum absolute atomic E-state index is 0.0181. The van der Waals surface area contributed by atoms with Gasteiger partial charge in [-0.05, 0) is 25.0 Å². The third-order valence-electron chi connectivity index (χ3n) is 4.31. The number of rotatable bonds is 5. The molecule has 0 bridgehead atoms. The van der Waals surface area contributed by atoms with Gasteiger partial charge in [0, 0.05) is 52.0 Å². The lowest BCUT2D eigenvalue weighted by Gasteiger charge is -2.35. The van der Waals surface area contributed by atoms with Crippen molar-refractivity contribution in [2.24, 2.45) is 4.99 Å². The molecule has 1 unspecified atom stereocenters. The Balaban J connectivity index is 1.92. The third kappa shape index (κ3) is 5.55. The number of hydrogen-bond acceptors (Lipinski definition) is 4. The van der Waals surface area contributed by atoms with E-state index in [1.54, 1.807) is 33.2 Å². The van der Waals surface area contributed by atoms with Crippen molar-refractivity contribution >= 4 is 17.6 Å². The van der Waals surface area contributed by atoms with E-state index in [2.05, 4.69) is 32.7 Å². The van der Waals surface area contributed by atoms with Crippen molar-refractivity contribution in [1.82, 2.24) is 15.5 Å². The number of likely N-dealkylation sites (N-methyl/N-ethyl adjacent to an activating group) is 1. The standard InChI is InChI=1S/C18H29N5O2/c1-19-18(20-12-17(24)22(2)3)21-14-7-6-10-23(13-14)15-8-5-9-16(11-15)25-4/h5,8-9,11,14H,6-7,10,12-13H2,1-4H3,(H2,19,20,21). The van der Waals surface area contributed by atoms with Crippen LogP contribution >= 0.6 is 0 Å². The fourth-order valence-corrected chi connectivity index (χ4v) is 2.84. The predicted octanol–water partition coefficient (Wildman–Crippen LogP) is 0.917. The van der Waals surface area contributed by atoms with E-state index in [4.69, 9.17) is 4.74 Å². The number of guanidine groups is 1. The zero-order chi connectivity index (χ0) is 18.2. The first-order valence-electron chi connectivity index (χ1n) is 8.60. The maximum atomic E-state index is 11.7. The average molecular weight is 347 g/mol. The number of benzene rings is 1. The lowest BCUT2D eigenvalue weighted by molar-refractivity contribution is -0.127. The van der Waals surface area contributed by atoms with Crippen molar-refractivity contribution in [2.75, 3.05) is 52.8 Å². The molecule has 1 saturated heterocycles. The zero-order valence-corrected chi connectivity index (χ0v) is 15.6. The Morgan fingerprint density at radius 1 is 1.44 bits per heavy atom. The molecule has 1 fully saturated rings. The molecule has 1 aliphatic heterocycles. The van der Waals surface area contributed by atoms with Crippen LogP contribution in [0.4, 0.5) is 5.69 Å². The molecule has 1 atom stereocenters. The smallest absolute Gasteiger partial charge is 0.241 e. The number of anilines is 1. The summed E-state index contributed by atoms with van der Waals surface area (Å²) in [6.45, 7) is 2.14. The summed E-state index contributed by atoms with van der Waals surface area (Å²) in [5.41, 5.74) is 1.16. The van der Waals surface area contributed by atoms with E-state index in [0.717, 1.165) is 37.4 Å². The van der Waals surface area contributed by atoms with E-state index in [9.17, 15) is 4.79 Å². The minimum Gasteiger partial charge on any atom is -0.497 e. The number of piperidine rings is 1. The molecule has 0 radical (unpaired) electrons. The van der Waals surface area contributed by atoms with Crippen LogP contribution in [0, 0.1) is 0 Å². The van der Waals surface area contributed by atoms with Gasteiger partial charge in [-0.2, -0.15) is 0 Å². The normalized spacial score (nSPS) is 17.8. The first kappa shape index (κ1) is 18.9. The van der Waals surface area contributed by atoms with Crippen LogP contribution in [0.2, 0.25) is 0 Å². The first-order chi connectivity index (χ1) is 12.0. The number of carbonyl (C=O) groups is 1. The highest BCUT2D eigenvalue weighted by Gasteiger charge is 2.21. The Labute approximate surface area is 150 Å². The second-order valence-corrected chi connectivity index (χ2v) is 6.34. The Morgan fingerprint density at radius 3 is 2.92 bits per heavy atom. The predicted molar refractivity (Wildman–Crippen MR) is 101 cm³/mol. The van der Waals surface area contributed by atoms with Gasteiger partial charge in [0.15, 0.2) is 5.96 Å². The van der Waals surface area contributed by atoms with E-state index in [0.29, 0.717) is 5.96 Å². The fourth-order valence-electron chi connectivity index (χ4n) is 2.84. The number of carbonyl (C=O) groups excluding carboxylic acids is 1. The number of ether oxygens (including phenoxy) is 1. The Morgan fingerprint density at radius 2 is 2.24 bits per heavy atom. The number of hydrogen-bond donors (Lipinski definition) is 2. The molecule has 1 aromatic carbocycles. The van der Waals surface area contributed by atoms with E-state index in [-0.39, 0.29) is 18.5 Å². The van der Waals surface area contributed by atoms with Crippen molar-refractivity contribution in [3.8, 4) is 5.75 Å². The van der Waals surface area contributed by atoms with Crippen LogP contribution in [0.25, 0.3) is 0 Å². The summed E-state index contributed by atoms with van der Waals surface area (Å²) in [5, 5.41) is 6.50. The van der Waals surface area contributed by atoms with Gasteiger partial charge in [0.2, 0.25) is 5.91 Å². The monoisotopic (exact) mass is 347 g/mol. The van der Waals surface area contributed by atoms with Gasteiger partial charge in [-0.3, -0.25) is 9.79 Å². The Bertz CT molecular complexity index is 603. The molecule has 1 aromatic rings. The van der Waals surface area contributed by atoms with E-state index in [1.165, 1.54) is 0 Å². The minimum atomic E-state index is 0.0181. The maximum Gasteiger partial charge on any atom is 0.241 e. The average Bonchev–Trinajstić information content (AvgIpc) is 2.64. The van der Waals surface area contributed by atoms with Gasteiger partial charge in [-0.25, -0.2) is 0 Å². The highest BCUT2D eigenvalue weighted by atomic mass is 16.5. The number of methoxy groups -OCH3 is 1. The van der Waals surface area contributed by atoms with Crippen LogP contribution in [0.5, 0.6) is 5.75 Å². The molecule has 1 heterocycles. The van der Waals surface area contributed by atoms with Crippen molar-refractivity contribution in [3.63, 3.8) is 0 Å². The van der Waals surface area contributed by atoms with Crippen LogP contribution in [0.3, 0.4) is 0 Å². The highest BCUT2D eigenvalue weighted by Crippen LogP contribution is 2.24. The maximum absolute atomic E-state index is 11.7. The molecule has 138 valence electrons. The molecule has 1 aliphatic rings. The van der Waals surface area contributed by atoms with Gasteiger partial charge in [0.25, 0.3) is 0 Å². The summed E-state index contributed by atoms with van der Waals surface area (Å²) in [6.07, 6.45) is 2.17. The Kier molecular flexibility index (Phi) is 6.91. The lowest BCUT2D eigenvalue weighted by atomic mass is 10.0. The number of nitrogens with one attached hydrogen (secondary N) is 2. The molecule has 2 N–H and O–H groups in total. The number of nitrogens with zero attached hydrogens (tertiary/aromatic N) is 3. The summed E-state index contributed by atoms with van der Waals surface area (Å²) in [7, 11) is 6.89. The fraction of sp³-hybridized carbons (Fsp3) is 0.556. The van der Waals surface area contributed by atoms with Crippen LogP contribution in [-0.4, -0.2) is 70.7 Å². The highest BCUT2D eigenvalue weighted by molar-refractivity contribution is 5.86. The molecule has 7 nitrogen and oxygen atoms in total. The summed E-state index contributed by atoms with van der Waals surface area (Å²) in [5.74, 6) is 1.55. The molecule has 2 rings (SSSR count). The second kappa shape index (κ2) is 9.15. The van der Waals surface area contributed by atoms with Crippen LogP contribution in [-0.2, 0) is 4.79 Å². The Hall–Kier alpha value is -2.44. The molecule has 0 aromatic heterocycles. The number of amides is 1. The van der Waals surface area contributed by atoms with E-state index in [1.807, 2.05) is 12.1 Å². The van der Waals surface area contributed by atoms with Gasteiger partial charge >= 0.3 is 0 Å². The molecule has 7 heteroatoms. The van der Waals surface area contributed by atoms with Gasteiger partial charge in [0.05, 0.1) is 13.7 Å². The van der Waals surface area contributed by atoms with E-state index >= 15 is 0 Å². The molecular formula is C18H29N5O2. The van der Waals surface area contributed by atoms with Crippen molar-refractivity contribution in [1.29, 1.82) is 0 Å². The SMILES string of the molecule is CN=C(NCC(=O)N(C)C)NC1CCCN(c2cccc(OC)c2)C1. The van der Waals surface area contributed by atoms with Crippen molar-refractivity contribution in [3.05, 3.63) is 24.3 Å². The van der Waals surface area contributed by atoms with E-state index < -0.39 is 0 Å². The largest absolute Gasteiger partial charge is 0.497 e. The number of aliphatic imine (C=N–C) groups is 1. The summed E-state index contributed by atoms with van der Waals surface area (Å²) in [4.78, 5) is 19.8. The van der Waals surface area contributed by atoms with Crippen LogP contribution in [0.1, 0.15) is 12.8 Å². The van der Waals surface area contributed by atoms with Crippen molar-refractivity contribution in [2.45, 2.75) is 18.9 Å². The van der Waals surface area contributed by atoms with Crippen LogP contribution < -0.4 is 20.3 Å². The summed E-state index contributed by atoms with van der Waals surface area (Å²) < 4.78 is 5.32. The van der Waals surface area contributed by atoms with Crippen LogP contribution in [0.15, 0.2) is 29.3 Å². The molecular weight excluding hydrogens is 318 g/mol. The molecule has 25 heavy (non-hydrogen) atoms. The van der Waals surface area contributed by atoms with Gasteiger partial charge in [-0.1, -0.05) is 6.07 Å². The third-order valence-corrected chi connectivity index (χ3v) is 4.31. The first-order valence-corrected chi connectivity index (χ1v) is 8.60. The van der Waals surface area contributed by atoms with Gasteiger partial charge in [0.1, 0.15) is 5.75 Å². The summed E-state index contributed by atoms with van der Waals surface area (Å²) >= 11 is 0.